The molecule has 2 rings (SSSR count). The fraction of sp³-hybridized carbons (Fsp3) is 0.611. The molecular weight excluding hydrogens is 284 g/mol. The number of carbonyl (C=O) groups is 1. The van der Waals surface area contributed by atoms with Gasteiger partial charge in [-0.2, -0.15) is 0 Å². The Morgan fingerprint density at radius 1 is 1.29 bits per heavy atom. The van der Waals surface area contributed by atoms with Crippen LogP contribution in [0.15, 0.2) is 30.3 Å². The molecule has 0 saturated heterocycles. The van der Waals surface area contributed by atoms with Crippen LogP contribution in [0.25, 0.3) is 0 Å². The van der Waals surface area contributed by atoms with Crippen LogP contribution in [0.1, 0.15) is 45.6 Å². The largest absolute Gasteiger partial charge is 0.461 e. The highest BCUT2D eigenvalue weighted by Gasteiger charge is 2.41. The summed E-state index contributed by atoms with van der Waals surface area (Å²) in [6.07, 6.45) is 3.18. The molecule has 1 aromatic rings. The Labute approximate surface area is 132 Å². The van der Waals surface area contributed by atoms with E-state index in [0.717, 1.165) is 12.8 Å². The molecule has 0 amide bonds. The van der Waals surface area contributed by atoms with E-state index < -0.39 is 0 Å². The Morgan fingerprint density at radius 3 is 2.57 bits per heavy atom. The van der Waals surface area contributed by atoms with Gasteiger partial charge in [0.05, 0.1) is 0 Å². The topological polar surface area (TPSA) is 26.3 Å². The molecule has 1 aliphatic carbocycles. The van der Waals surface area contributed by atoms with Crippen molar-refractivity contribution in [3.63, 3.8) is 0 Å². The number of halogens is 1. The van der Waals surface area contributed by atoms with Crippen molar-refractivity contribution in [3.8, 4) is 0 Å². The molecule has 3 heteroatoms. The highest BCUT2D eigenvalue weighted by Crippen LogP contribution is 2.43. The summed E-state index contributed by atoms with van der Waals surface area (Å²) in [5, 5.41) is 0. The van der Waals surface area contributed by atoms with Gasteiger partial charge in [-0.1, -0.05) is 57.5 Å². The van der Waals surface area contributed by atoms with Gasteiger partial charge in [0, 0.05) is 5.92 Å². The molecule has 0 bridgehead atoms. The summed E-state index contributed by atoms with van der Waals surface area (Å²) in [5.41, 5.74) is 1.29. The van der Waals surface area contributed by atoms with Crippen LogP contribution in [-0.4, -0.2) is 18.0 Å². The van der Waals surface area contributed by atoms with Crippen molar-refractivity contribution in [2.45, 2.75) is 51.6 Å². The molecule has 1 fully saturated rings. The Kier molecular flexibility index (Phi) is 5.32. The van der Waals surface area contributed by atoms with E-state index >= 15 is 0 Å². The Balaban J connectivity index is 2.23. The minimum atomic E-state index is -0.301. The maximum Gasteiger partial charge on any atom is 0.321 e. The second-order valence-corrected chi connectivity index (χ2v) is 7.04. The standard InChI is InChI=1S/C18H25ClO2/c1-13-9-10-15(16(11-13)21-17(20)12-19)18(2,3)14-7-5-4-6-8-14/h4-8,13,15-16H,9-12H2,1-3H3/t13-,15-,16+/m1/s1. The lowest BCUT2D eigenvalue weighted by Crippen LogP contribution is -2.43. The van der Waals surface area contributed by atoms with Gasteiger partial charge >= 0.3 is 5.97 Å². The average molecular weight is 309 g/mol. The molecular formula is C18H25ClO2. The summed E-state index contributed by atoms with van der Waals surface area (Å²) in [7, 11) is 0. The summed E-state index contributed by atoms with van der Waals surface area (Å²) >= 11 is 5.61. The highest BCUT2D eigenvalue weighted by atomic mass is 35.5. The maximum atomic E-state index is 11.6. The predicted octanol–water partition coefficient (Wildman–Crippen LogP) is 4.55. The minimum Gasteiger partial charge on any atom is -0.461 e. The van der Waals surface area contributed by atoms with E-state index in [4.69, 9.17) is 16.3 Å². The average Bonchev–Trinajstić information content (AvgIpc) is 2.48. The third-order valence-electron chi connectivity index (χ3n) is 4.89. The Morgan fingerprint density at radius 2 is 1.95 bits per heavy atom. The van der Waals surface area contributed by atoms with Crippen LogP contribution in [0.3, 0.4) is 0 Å². The second-order valence-electron chi connectivity index (χ2n) is 6.77. The first-order valence-electron chi connectivity index (χ1n) is 7.76. The minimum absolute atomic E-state index is 0.0152. The van der Waals surface area contributed by atoms with Gasteiger partial charge in [0.25, 0.3) is 0 Å². The number of ether oxygens (including phenoxy) is 1. The van der Waals surface area contributed by atoms with Gasteiger partial charge in [0.15, 0.2) is 0 Å². The van der Waals surface area contributed by atoms with E-state index in [1.165, 1.54) is 12.0 Å². The van der Waals surface area contributed by atoms with Crippen molar-refractivity contribution in [1.82, 2.24) is 0 Å². The monoisotopic (exact) mass is 308 g/mol. The van der Waals surface area contributed by atoms with E-state index in [9.17, 15) is 4.79 Å². The molecule has 1 aliphatic rings. The van der Waals surface area contributed by atoms with Crippen molar-refractivity contribution in [2.24, 2.45) is 11.8 Å². The molecule has 0 radical (unpaired) electrons. The molecule has 0 aliphatic heterocycles. The summed E-state index contributed by atoms with van der Waals surface area (Å²) in [4.78, 5) is 11.6. The van der Waals surface area contributed by atoms with Crippen LogP contribution in [0.4, 0.5) is 0 Å². The SMILES string of the molecule is C[C@@H]1CC[C@@H](C(C)(C)c2ccccc2)[C@@H](OC(=O)CCl)C1. The van der Waals surface area contributed by atoms with E-state index in [1.54, 1.807) is 0 Å². The number of esters is 1. The third-order valence-corrected chi connectivity index (χ3v) is 5.11. The summed E-state index contributed by atoms with van der Waals surface area (Å²) in [6, 6.07) is 10.5. The molecule has 1 aromatic carbocycles. The number of rotatable bonds is 4. The zero-order valence-corrected chi connectivity index (χ0v) is 13.9. The van der Waals surface area contributed by atoms with Gasteiger partial charge in [0.2, 0.25) is 0 Å². The number of carbonyl (C=O) groups excluding carboxylic acids is 1. The molecule has 0 unspecified atom stereocenters. The van der Waals surface area contributed by atoms with Gasteiger partial charge in [-0.05, 0) is 29.7 Å². The normalized spacial score (nSPS) is 26.4. The fourth-order valence-electron chi connectivity index (χ4n) is 3.57. The number of hydrogen-bond donors (Lipinski definition) is 0. The van der Waals surface area contributed by atoms with Crippen LogP contribution in [0, 0.1) is 11.8 Å². The van der Waals surface area contributed by atoms with Crippen LogP contribution in [0.2, 0.25) is 0 Å². The van der Waals surface area contributed by atoms with Crippen molar-refractivity contribution in [3.05, 3.63) is 35.9 Å². The number of hydrogen-bond acceptors (Lipinski definition) is 2. The predicted molar refractivity (Wildman–Crippen MR) is 86.6 cm³/mol. The Bertz CT molecular complexity index is 469. The van der Waals surface area contributed by atoms with Crippen LogP contribution < -0.4 is 0 Å². The van der Waals surface area contributed by atoms with Gasteiger partial charge in [-0.25, -0.2) is 0 Å². The molecule has 0 heterocycles. The summed E-state index contributed by atoms with van der Waals surface area (Å²) in [6.45, 7) is 6.74. The molecule has 1 saturated carbocycles. The van der Waals surface area contributed by atoms with Gasteiger partial charge < -0.3 is 4.74 Å². The van der Waals surface area contributed by atoms with Crippen LogP contribution >= 0.6 is 11.6 Å². The van der Waals surface area contributed by atoms with E-state index in [2.05, 4.69) is 45.0 Å². The molecule has 21 heavy (non-hydrogen) atoms. The first kappa shape index (κ1) is 16.4. The zero-order valence-electron chi connectivity index (χ0n) is 13.1. The van der Waals surface area contributed by atoms with E-state index in [-0.39, 0.29) is 23.4 Å². The van der Waals surface area contributed by atoms with Crippen molar-refractivity contribution in [2.75, 3.05) is 5.88 Å². The van der Waals surface area contributed by atoms with Crippen molar-refractivity contribution in [1.29, 1.82) is 0 Å². The molecule has 0 N–H and O–H groups in total. The first-order valence-corrected chi connectivity index (χ1v) is 8.29. The smallest absolute Gasteiger partial charge is 0.321 e. The van der Waals surface area contributed by atoms with Crippen LogP contribution in [-0.2, 0) is 14.9 Å². The van der Waals surface area contributed by atoms with E-state index in [0.29, 0.717) is 11.8 Å². The lowest BCUT2D eigenvalue weighted by molar-refractivity contribution is -0.153. The maximum absolute atomic E-state index is 11.6. The van der Waals surface area contributed by atoms with Gasteiger partial charge in [-0.3, -0.25) is 4.79 Å². The van der Waals surface area contributed by atoms with Crippen molar-refractivity contribution >= 4 is 17.6 Å². The van der Waals surface area contributed by atoms with Crippen molar-refractivity contribution < 1.29 is 9.53 Å². The molecule has 2 nitrogen and oxygen atoms in total. The first-order chi connectivity index (χ1) is 9.95. The van der Waals surface area contributed by atoms with Crippen LogP contribution in [0.5, 0.6) is 0 Å². The lowest BCUT2D eigenvalue weighted by Gasteiger charge is -2.43. The second kappa shape index (κ2) is 6.83. The Hall–Kier alpha value is -1.02. The zero-order chi connectivity index (χ0) is 15.5. The summed E-state index contributed by atoms with van der Waals surface area (Å²) < 4.78 is 5.66. The fourth-order valence-corrected chi connectivity index (χ4v) is 3.63. The van der Waals surface area contributed by atoms with Gasteiger partial charge in [-0.15, -0.1) is 11.6 Å². The molecule has 3 atom stereocenters. The quantitative estimate of drug-likeness (QED) is 0.602. The third kappa shape index (κ3) is 3.79. The highest BCUT2D eigenvalue weighted by molar-refractivity contribution is 6.26. The lowest BCUT2D eigenvalue weighted by atomic mass is 9.64. The molecule has 0 aromatic heterocycles. The molecule has 116 valence electrons. The number of benzene rings is 1. The van der Waals surface area contributed by atoms with Gasteiger partial charge in [0.1, 0.15) is 12.0 Å². The number of alkyl halides is 1. The molecule has 0 spiro atoms. The summed E-state index contributed by atoms with van der Waals surface area (Å²) in [5.74, 6) is 0.567. The van der Waals surface area contributed by atoms with E-state index in [1.807, 2.05) is 6.07 Å².